The van der Waals surface area contributed by atoms with Gasteiger partial charge in [0, 0.05) is 25.7 Å². The number of hydrogen-bond acceptors (Lipinski definition) is 3. The molecule has 0 radical (unpaired) electrons. The van der Waals surface area contributed by atoms with Crippen LogP contribution in [0.1, 0.15) is 17.0 Å². The minimum atomic E-state index is 0.872. The number of rotatable bonds is 5. The Morgan fingerprint density at radius 2 is 2.05 bits per heavy atom. The summed E-state index contributed by atoms with van der Waals surface area (Å²) in [5, 5.41) is 11.8. The number of fused-ring (bicyclic) bond motifs is 1. The first kappa shape index (κ1) is 12.8. The van der Waals surface area contributed by atoms with Crippen LogP contribution in [0.2, 0.25) is 0 Å². The Kier molecular flexibility index (Phi) is 3.74. The molecular formula is C16H18N4. The topological polar surface area (TPSA) is 42.2 Å². The quantitative estimate of drug-likeness (QED) is 0.721. The van der Waals surface area contributed by atoms with Crippen LogP contribution in [-0.2, 0) is 13.0 Å². The minimum absolute atomic E-state index is 0.872. The van der Waals surface area contributed by atoms with Crippen molar-refractivity contribution in [1.29, 1.82) is 0 Å². The van der Waals surface area contributed by atoms with Crippen LogP contribution in [0.5, 0.6) is 0 Å². The lowest BCUT2D eigenvalue weighted by Crippen LogP contribution is -2.17. The molecule has 4 nitrogen and oxygen atoms in total. The Balaban J connectivity index is 1.55. The largest absolute Gasteiger partial charge is 0.312 e. The molecule has 3 aromatic rings. The highest BCUT2D eigenvalue weighted by Crippen LogP contribution is 2.04. The zero-order valence-electron chi connectivity index (χ0n) is 11.6. The molecule has 0 atom stereocenters. The molecule has 0 aliphatic heterocycles. The van der Waals surface area contributed by atoms with E-state index in [1.165, 1.54) is 11.1 Å². The fourth-order valence-corrected chi connectivity index (χ4v) is 2.32. The number of aryl methyl sites for hydroxylation is 1. The highest BCUT2D eigenvalue weighted by atomic mass is 15.2. The van der Waals surface area contributed by atoms with Crippen LogP contribution in [0.3, 0.4) is 0 Å². The van der Waals surface area contributed by atoms with Gasteiger partial charge in [0.2, 0.25) is 0 Å². The van der Waals surface area contributed by atoms with Crippen molar-refractivity contribution in [2.24, 2.45) is 0 Å². The van der Waals surface area contributed by atoms with Crippen molar-refractivity contribution in [3.8, 4) is 0 Å². The van der Waals surface area contributed by atoms with Crippen molar-refractivity contribution >= 4 is 5.65 Å². The molecular weight excluding hydrogens is 248 g/mol. The molecule has 0 unspecified atom stereocenters. The second-order valence-electron chi connectivity index (χ2n) is 4.96. The molecule has 3 rings (SSSR count). The van der Waals surface area contributed by atoms with E-state index in [2.05, 4.69) is 46.7 Å². The first-order valence-electron chi connectivity index (χ1n) is 6.88. The summed E-state index contributed by atoms with van der Waals surface area (Å²) >= 11 is 0. The zero-order chi connectivity index (χ0) is 13.8. The maximum absolute atomic E-state index is 4.23. The maximum Gasteiger partial charge on any atom is 0.160 e. The second kappa shape index (κ2) is 5.84. The molecule has 0 saturated heterocycles. The van der Waals surface area contributed by atoms with E-state index in [-0.39, 0.29) is 0 Å². The number of nitrogens with one attached hydrogen (secondary N) is 1. The number of aromatic nitrogens is 3. The van der Waals surface area contributed by atoms with Gasteiger partial charge in [-0.2, -0.15) is 0 Å². The number of hydrogen-bond donors (Lipinski definition) is 1. The van der Waals surface area contributed by atoms with Gasteiger partial charge in [0.1, 0.15) is 5.82 Å². The third kappa shape index (κ3) is 2.86. The van der Waals surface area contributed by atoms with E-state index in [1.807, 2.05) is 28.8 Å². The average Bonchev–Trinajstić information content (AvgIpc) is 2.87. The molecule has 0 spiro atoms. The molecule has 4 heteroatoms. The number of benzene rings is 1. The van der Waals surface area contributed by atoms with E-state index < -0.39 is 0 Å². The number of pyridine rings is 1. The summed E-state index contributed by atoms with van der Waals surface area (Å²) in [6.45, 7) is 3.90. The molecule has 0 saturated carbocycles. The first-order chi connectivity index (χ1) is 9.83. The van der Waals surface area contributed by atoms with Gasteiger partial charge in [-0.15, -0.1) is 10.2 Å². The zero-order valence-corrected chi connectivity index (χ0v) is 11.6. The standard InChI is InChI=1S/C16H18N4/c1-13-5-4-6-14(11-13)12-17-9-8-16-19-18-15-7-2-3-10-20(15)16/h2-7,10-11,17H,8-9,12H2,1H3. The van der Waals surface area contributed by atoms with Gasteiger partial charge in [-0.1, -0.05) is 35.9 Å². The van der Waals surface area contributed by atoms with Gasteiger partial charge in [-0.05, 0) is 24.6 Å². The monoisotopic (exact) mass is 266 g/mol. The van der Waals surface area contributed by atoms with Crippen LogP contribution in [0.4, 0.5) is 0 Å². The highest BCUT2D eigenvalue weighted by molar-refractivity contribution is 5.37. The van der Waals surface area contributed by atoms with E-state index in [1.54, 1.807) is 0 Å². The molecule has 0 fully saturated rings. The molecule has 0 bridgehead atoms. The SMILES string of the molecule is Cc1cccc(CNCCc2nnc3ccccn23)c1. The van der Waals surface area contributed by atoms with Crippen LogP contribution in [-0.4, -0.2) is 21.1 Å². The summed E-state index contributed by atoms with van der Waals surface area (Å²) in [5.74, 6) is 0.998. The Hall–Kier alpha value is -2.20. The van der Waals surface area contributed by atoms with Gasteiger partial charge >= 0.3 is 0 Å². The number of nitrogens with zero attached hydrogens (tertiary/aromatic N) is 3. The fraction of sp³-hybridized carbons (Fsp3) is 0.250. The van der Waals surface area contributed by atoms with Gasteiger partial charge in [-0.25, -0.2) is 0 Å². The second-order valence-corrected chi connectivity index (χ2v) is 4.96. The van der Waals surface area contributed by atoms with Crippen LogP contribution in [0, 0.1) is 6.92 Å². The van der Waals surface area contributed by atoms with Crippen LogP contribution < -0.4 is 5.32 Å². The lowest BCUT2D eigenvalue weighted by atomic mass is 10.1. The molecule has 2 aromatic heterocycles. The molecule has 1 aromatic carbocycles. The van der Waals surface area contributed by atoms with E-state index in [0.29, 0.717) is 0 Å². The third-order valence-electron chi connectivity index (χ3n) is 3.32. The Bertz CT molecular complexity index is 702. The summed E-state index contributed by atoms with van der Waals surface area (Å²) in [6.07, 6.45) is 2.88. The third-order valence-corrected chi connectivity index (χ3v) is 3.32. The van der Waals surface area contributed by atoms with Crippen molar-refractivity contribution in [2.75, 3.05) is 6.54 Å². The van der Waals surface area contributed by atoms with Crippen molar-refractivity contribution in [3.63, 3.8) is 0 Å². The van der Waals surface area contributed by atoms with E-state index in [9.17, 15) is 0 Å². The van der Waals surface area contributed by atoms with Crippen molar-refractivity contribution < 1.29 is 0 Å². The first-order valence-corrected chi connectivity index (χ1v) is 6.88. The maximum atomic E-state index is 4.23. The van der Waals surface area contributed by atoms with Crippen molar-refractivity contribution in [2.45, 2.75) is 19.9 Å². The van der Waals surface area contributed by atoms with Crippen molar-refractivity contribution in [1.82, 2.24) is 19.9 Å². The molecule has 0 aliphatic rings. The summed E-state index contributed by atoms with van der Waals surface area (Å²) in [7, 11) is 0. The van der Waals surface area contributed by atoms with Crippen molar-refractivity contribution in [3.05, 3.63) is 65.6 Å². The van der Waals surface area contributed by atoms with Gasteiger partial charge in [0.25, 0.3) is 0 Å². The molecule has 0 amide bonds. The molecule has 0 aliphatic carbocycles. The minimum Gasteiger partial charge on any atom is -0.312 e. The summed E-state index contributed by atoms with van der Waals surface area (Å²) in [5.41, 5.74) is 3.52. The normalized spacial score (nSPS) is 11.1. The van der Waals surface area contributed by atoms with Gasteiger partial charge in [0.15, 0.2) is 5.65 Å². The summed E-state index contributed by atoms with van der Waals surface area (Å²) in [6, 6.07) is 14.5. The molecule has 2 heterocycles. The van der Waals surface area contributed by atoms with E-state index in [4.69, 9.17) is 0 Å². The molecule has 20 heavy (non-hydrogen) atoms. The predicted octanol–water partition coefficient (Wildman–Crippen LogP) is 2.37. The predicted molar refractivity (Wildman–Crippen MR) is 79.6 cm³/mol. The smallest absolute Gasteiger partial charge is 0.160 e. The fourth-order valence-electron chi connectivity index (χ4n) is 2.32. The summed E-state index contributed by atoms with van der Waals surface area (Å²) in [4.78, 5) is 0. The van der Waals surface area contributed by atoms with Crippen LogP contribution in [0.15, 0.2) is 48.7 Å². The highest BCUT2D eigenvalue weighted by Gasteiger charge is 2.03. The van der Waals surface area contributed by atoms with E-state index in [0.717, 1.165) is 31.0 Å². The Morgan fingerprint density at radius 1 is 1.10 bits per heavy atom. The average molecular weight is 266 g/mol. The lowest BCUT2D eigenvalue weighted by molar-refractivity contribution is 0.666. The van der Waals surface area contributed by atoms with Gasteiger partial charge in [-0.3, -0.25) is 4.40 Å². The lowest BCUT2D eigenvalue weighted by Gasteiger charge is -2.05. The van der Waals surface area contributed by atoms with E-state index >= 15 is 0 Å². The molecule has 102 valence electrons. The Labute approximate surface area is 118 Å². The van der Waals surface area contributed by atoms with Gasteiger partial charge < -0.3 is 5.32 Å². The van der Waals surface area contributed by atoms with Crippen LogP contribution >= 0.6 is 0 Å². The van der Waals surface area contributed by atoms with Crippen LogP contribution in [0.25, 0.3) is 5.65 Å². The summed E-state index contributed by atoms with van der Waals surface area (Å²) < 4.78 is 2.04. The molecule has 1 N–H and O–H groups in total. The van der Waals surface area contributed by atoms with Gasteiger partial charge in [0.05, 0.1) is 0 Å². The Morgan fingerprint density at radius 3 is 2.95 bits per heavy atom.